The van der Waals surface area contributed by atoms with Crippen LogP contribution in [-0.2, 0) is 20.2 Å². The van der Waals surface area contributed by atoms with Gasteiger partial charge in [0.15, 0.2) is 0 Å². The van der Waals surface area contributed by atoms with E-state index >= 15 is 0 Å². The van der Waals surface area contributed by atoms with Gasteiger partial charge in [-0.05, 0) is 73.9 Å². The van der Waals surface area contributed by atoms with Crippen LogP contribution < -0.4 is 10.0 Å². The molecule has 0 saturated heterocycles. The van der Waals surface area contributed by atoms with E-state index in [1.54, 1.807) is 54.6 Å². The first-order chi connectivity index (χ1) is 14.3. The zero-order valence-electron chi connectivity index (χ0n) is 16.4. The molecule has 1 aliphatic carbocycles. The number of sulfonamides is 1. The van der Waals surface area contributed by atoms with Gasteiger partial charge in [0.2, 0.25) is 5.91 Å². The molecule has 0 aromatic heterocycles. The highest BCUT2D eigenvalue weighted by Gasteiger charge is 2.51. The summed E-state index contributed by atoms with van der Waals surface area (Å²) in [5.74, 6) is -0.0854. The third kappa shape index (κ3) is 4.20. The SMILES string of the molecule is Cc1ccc(S(=O)(=O)Nc2ccc(NC(=O)C3(c4cccc(Cl)c4)CC3)cc2)cc1. The molecule has 4 rings (SSSR count). The normalized spacial score (nSPS) is 14.7. The van der Waals surface area contributed by atoms with Crippen molar-refractivity contribution in [1.82, 2.24) is 0 Å². The lowest BCUT2D eigenvalue weighted by Gasteiger charge is -2.16. The maximum atomic E-state index is 12.9. The summed E-state index contributed by atoms with van der Waals surface area (Å²) >= 11 is 6.08. The molecule has 0 atom stereocenters. The number of hydrogen-bond donors (Lipinski definition) is 2. The lowest BCUT2D eigenvalue weighted by atomic mass is 9.95. The van der Waals surface area contributed by atoms with Crippen LogP contribution >= 0.6 is 11.6 Å². The van der Waals surface area contributed by atoms with Gasteiger partial charge in [-0.2, -0.15) is 0 Å². The van der Waals surface area contributed by atoms with Crippen molar-refractivity contribution in [3.63, 3.8) is 0 Å². The highest BCUT2D eigenvalue weighted by Crippen LogP contribution is 2.49. The Hall–Kier alpha value is -2.83. The minimum Gasteiger partial charge on any atom is -0.325 e. The number of carbonyl (C=O) groups excluding carboxylic acids is 1. The van der Waals surface area contributed by atoms with Crippen LogP contribution in [0, 0.1) is 6.92 Å². The summed E-state index contributed by atoms with van der Waals surface area (Å²) in [6.07, 6.45) is 1.54. The van der Waals surface area contributed by atoms with Crippen molar-refractivity contribution in [2.24, 2.45) is 0 Å². The summed E-state index contributed by atoms with van der Waals surface area (Å²) in [6, 6.07) is 20.6. The van der Waals surface area contributed by atoms with E-state index in [0.717, 1.165) is 24.0 Å². The molecular weight excluding hydrogens is 420 g/mol. The number of nitrogens with one attached hydrogen (secondary N) is 2. The molecular formula is C23H21ClN2O3S. The number of amides is 1. The van der Waals surface area contributed by atoms with Gasteiger partial charge in [0.25, 0.3) is 10.0 Å². The second-order valence-corrected chi connectivity index (χ2v) is 9.66. The molecule has 30 heavy (non-hydrogen) atoms. The molecule has 1 fully saturated rings. The Bertz CT molecular complexity index is 1190. The van der Waals surface area contributed by atoms with E-state index < -0.39 is 15.4 Å². The van der Waals surface area contributed by atoms with E-state index in [-0.39, 0.29) is 10.8 Å². The van der Waals surface area contributed by atoms with Gasteiger partial charge in [0.05, 0.1) is 10.3 Å². The van der Waals surface area contributed by atoms with Crippen molar-refractivity contribution in [1.29, 1.82) is 0 Å². The molecule has 2 N–H and O–H groups in total. The first-order valence-corrected chi connectivity index (χ1v) is 11.4. The van der Waals surface area contributed by atoms with Gasteiger partial charge in [-0.3, -0.25) is 9.52 Å². The molecule has 0 aliphatic heterocycles. The Labute approximate surface area is 181 Å². The van der Waals surface area contributed by atoms with E-state index in [4.69, 9.17) is 11.6 Å². The van der Waals surface area contributed by atoms with Gasteiger partial charge in [-0.15, -0.1) is 0 Å². The number of anilines is 2. The first kappa shape index (κ1) is 20.4. The van der Waals surface area contributed by atoms with Gasteiger partial charge >= 0.3 is 0 Å². The van der Waals surface area contributed by atoms with Crippen molar-refractivity contribution in [3.8, 4) is 0 Å². The number of rotatable bonds is 6. The van der Waals surface area contributed by atoms with E-state index in [2.05, 4.69) is 10.0 Å². The molecule has 0 spiro atoms. The van der Waals surface area contributed by atoms with Crippen molar-refractivity contribution in [2.45, 2.75) is 30.1 Å². The molecule has 1 aliphatic rings. The average molecular weight is 441 g/mol. The van der Waals surface area contributed by atoms with Crippen LogP contribution in [0.15, 0.2) is 77.7 Å². The molecule has 3 aromatic carbocycles. The summed E-state index contributed by atoms with van der Waals surface area (Å²) in [4.78, 5) is 13.1. The van der Waals surface area contributed by atoms with Crippen molar-refractivity contribution < 1.29 is 13.2 Å². The number of halogens is 1. The monoisotopic (exact) mass is 440 g/mol. The Morgan fingerprint density at radius 1 is 0.933 bits per heavy atom. The van der Waals surface area contributed by atoms with Gasteiger partial charge < -0.3 is 5.32 Å². The lowest BCUT2D eigenvalue weighted by Crippen LogP contribution is -2.27. The summed E-state index contributed by atoms with van der Waals surface area (Å²) in [7, 11) is -3.67. The third-order valence-corrected chi connectivity index (χ3v) is 6.92. The number of hydrogen-bond acceptors (Lipinski definition) is 3. The Balaban J connectivity index is 1.45. The fraction of sp³-hybridized carbons (Fsp3) is 0.174. The Kier molecular flexibility index (Phi) is 5.30. The molecule has 1 saturated carbocycles. The van der Waals surface area contributed by atoms with Crippen LogP contribution in [0.1, 0.15) is 24.0 Å². The predicted molar refractivity (Wildman–Crippen MR) is 119 cm³/mol. The van der Waals surface area contributed by atoms with E-state index in [1.165, 1.54) is 0 Å². The number of aryl methyl sites for hydroxylation is 1. The Morgan fingerprint density at radius 3 is 2.17 bits per heavy atom. The second kappa shape index (κ2) is 7.78. The summed E-state index contributed by atoms with van der Waals surface area (Å²) < 4.78 is 27.6. The van der Waals surface area contributed by atoms with Crippen LogP contribution in [0.2, 0.25) is 5.02 Å². The molecule has 5 nitrogen and oxygen atoms in total. The quantitative estimate of drug-likeness (QED) is 0.558. The standard InChI is InChI=1S/C23H21ClN2O3S/c1-16-5-11-21(12-6-16)30(28,29)26-20-9-7-19(8-10-20)25-22(27)23(13-14-23)17-3-2-4-18(24)15-17/h2-12,15,26H,13-14H2,1H3,(H,25,27). The van der Waals surface area contributed by atoms with Gasteiger partial charge in [0.1, 0.15) is 0 Å². The van der Waals surface area contributed by atoms with E-state index in [1.807, 2.05) is 25.1 Å². The lowest BCUT2D eigenvalue weighted by molar-refractivity contribution is -0.118. The third-order valence-electron chi connectivity index (χ3n) is 5.29. The number of benzene rings is 3. The smallest absolute Gasteiger partial charge is 0.261 e. The zero-order valence-corrected chi connectivity index (χ0v) is 17.9. The summed E-state index contributed by atoms with van der Waals surface area (Å²) in [6.45, 7) is 1.90. The summed E-state index contributed by atoms with van der Waals surface area (Å²) in [5, 5.41) is 3.54. The fourth-order valence-corrected chi connectivity index (χ4v) is 4.61. The molecule has 1 amide bonds. The molecule has 0 heterocycles. The van der Waals surface area contributed by atoms with E-state index in [9.17, 15) is 13.2 Å². The highest BCUT2D eigenvalue weighted by atomic mass is 35.5. The maximum Gasteiger partial charge on any atom is 0.261 e. The average Bonchev–Trinajstić information content (AvgIpc) is 3.52. The molecule has 0 bridgehead atoms. The van der Waals surface area contributed by atoms with Gasteiger partial charge in [-0.1, -0.05) is 41.4 Å². The minimum absolute atomic E-state index is 0.0854. The highest BCUT2D eigenvalue weighted by molar-refractivity contribution is 7.92. The molecule has 7 heteroatoms. The number of carbonyl (C=O) groups is 1. The largest absolute Gasteiger partial charge is 0.325 e. The zero-order chi connectivity index (χ0) is 21.4. The minimum atomic E-state index is -3.67. The van der Waals surface area contributed by atoms with Crippen molar-refractivity contribution in [2.75, 3.05) is 10.0 Å². The second-order valence-electron chi connectivity index (χ2n) is 7.54. The van der Waals surface area contributed by atoms with E-state index in [0.29, 0.717) is 16.4 Å². The van der Waals surface area contributed by atoms with Crippen molar-refractivity contribution in [3.05, 3.63) is 88.9 Å². The molecule has 0 radical (unpaired) electrons. The Morgan fingerprint density at radius 2 is 1.57 bits per heavy atom. The van der Waals surface area contributed by atoms with Crippen LogP contribution in [0.4, 0.5) is 11.4 Å². The fourth-order valence-electron chi connectivity index (χ4n) is 3.36. The van der Waals surface area contributed by atoms with Crippen LogP contribution in [-0.4, -0.2) is 14.3 Å². The topological polar surface area (TPSA) is 75.3 Å². The molecule has 154 valence electrons. The van der Waals surface area contributed by atoms with Gasteiger partial charge in [0, 0.05) is 16.4 Å². The van der Waals surface area contributed by atoms with Gasteiger partial charge in [-0.25, -0.2) is 8.42 Å². The molecule has 3 aromatic rings. The van der Waals surface area contributed by atoms with Crippen LogP contribution in [0.3, 0.4) is 0 Å². The van der Waals surface area contributed by atoms with Crippen LogP contribution in [0.25, 0.3) is 0 Å². The van der Waals surface area contributed by atoms with Crippen molar-refractivity contribution >= 4 is 38.9 Å². The first-order valence-electron chi connectivity index (χ1n) is 9.56. The summed E-state index contributed by atoms with van der Waals surface area (Å²) in [5.41, 5.74) is 2.38. The maximum absolute atomic E-state index is 12.9. The predicted octanol–water partition coefficient (Wildman–Crippen LogP) is 5.12. The molecule has 0 unspecified atom stereocenters. The van der Waals surface area contributed by atoms with Crippen LogP contribution in [0.5, 0.6) is 0 Å².